The van der Waals surface area contributed by atoms with Crippen molar-refractivity contribution < 1.29 is 91.2 Å². The number of aliphatic hydroxyl groups excluding tert-OH is 1. The first-order chi connectivity index (χ1) is 43.1. The van der Waals surface area contributed by atoms with Crippen LogP contribution in [0.1, 0.15) is 101 Å². The molecule has 3 saturated heterocycles. The highest BCUT2D eigenvalue weighted by Crippen LogP contribution is 2.44. The Morgan fingerprint density at radius 3 is 2.06 bits per heavy atom. The quantitative estimate of drug-likeness (QED) is 0.0222. The van der Waals surface area contributed by atoms with E-state index in [9.17, 15) is 48.6 Å². The van der Waals surface area contributed by atoms with Crippen molar-refractivity contribution in [1.29, 1.82) is 0 Å². The maximum absolute atomic E-state index is 14.4. The van der Waals surface area contributed by atoms with Crippen molar-refractivity contribution >= 4 is 64.9 Å². The molecular formula is C64H75N7O19. The number of hydrogen-bond acceptors (Lipinski definition) is 18. The summed E-state index contributed by atoms with van der Waals surface area (Å²) < 4.78 is 52.1. The predicted molar refractivity (Wildman–Crippen MR) is 325 cm³/mol. The van der Waals surface area contributed by atoms with Crippen LogP contribution in [0, 0.1) is 5.92 Å². The summed E-state index contributed by atoms with van der Waals surface area (Å²) in [5, 5.41) is 31.6. The molecule has 4 aliphatic rings. The third kappa shape index (κ3) is 16.0. The van der Waals surface area contributed by atoms with Gasteiger partial charge in [0, 0.05) is 37.5 Å². The van der Waals surface area contributed by atoms with E-state index in [-0.39, 0.29) is 103 Å². The minimum Gasteiger partial charge on any atom is -0.493 e. The van der Waals surface area contributed by atoms with Crippen LogP contribution in [0.2, 0.25) is 0 Å². The minimum atomic E-state index is -1.38. The highest BCUT2D eigenvalue weighted by Gasteiger charge is 2.48. The van der Waals surface area contributed by atoms with Gasteiger partial charge in [0.1, 0.15) is 38.5 Å². The van der Waals surface area contributed by atoms with Crippen LogP contribution < -0.4 is 45.1 Å². The molecule has 7 amide bonds. The van der Waals surface area contributed by atoms with Crippen molar-refractivity contribution in [1.82, 2.24) is 20.4 Å². The number of benzene rings is 4. The number of aliphatic hydroxyl groups is 1. The summed E-state index contributed by atoms with van der Waals surface area (Å²) in [6.45, 7) is 16.1. The van der Waals surface area contributed by atoms with Gasteiger partial charge in [0.25, 0.3) is 11.8 Å². The van der Waals surface area contributed by atoms with Gasteiger partial charge in [-0.2, -0.15) is 0 Å². The molecule has 3 fully saturated rings. The van der Waals surface area contributed by atoms with Crippen molar-refractivity contribution in [3.05, 3.63) is 137 Å². The first-order valence-corrected chi connectivity index (χ1v) is 29.1. The lowest BCUT2D eigenvalue weighted by Crippen LogP contribution is -2.53. The molecule has 6 atom stereocenters. The number of carboxylic acid groups (broad SMARTS) is 1. The Morgan fingerprint density at radius 2 is 1.43 bits per heavy atom. The summed E-state index contributed by atoms with van der Waals surface area (Å²) in [7, 11) is 3.94. The molecule has 26 nitrogen and oxygen atoms in total. The highest BCUT2D eigenvalue weighted by atomic mass is 16.7. The number of carbonyl (C=O) groups is 8. The zero-order chi connectivity index (χ0) is 64.9. The van der Waals surface area contributed by atoms with Gasteiger partial charge in [-0.25, -0.2) is 24.1 Å². The Bertz CT molecular complexity index is 3400. The number of hydrogen-bond donors (Lipinski definition) is 6. The van der Waals surface area contributed by atoms with E-state index in [1.807, 2.05) is 0 Å². The second-order valence-corrected chi connectivity index (χ2v) is 22.2. The summed E-state index contributed by atoms with van der Waals surface area (Å²) in [6, 6.07) is 13.3. The zero-order valence-corrected chi connectivity index (χ0v) is 51.0. The van der Waals surface area contributed by atoms with Crippen LogP contribution in [-0.2, 0) is 53.1 Å². The number of esters is 1. The van der Waals surface area contributed by atoms with Gasteiger partial charge in [0.2, 0.25) is 11.8 Å². The summed E-state index contributed by atoms with van der Waals surface area (Å²) in [5.74, 6) is -2.93. The predicted octanol–water partition coefficient (Wildman–Crippen LogP) is 7.68. The second-order valence-electron chi connectivity index (χ2n) is 22.2. The second kappa shape index (κ2) is 30.0. The lowest BCUT2D eigenvalue weighted by Gasteiger charge is -2.37. The molecule has 8 rings (SSSR count). The van der Waals surface area contributed by atoms with E-state index in [0.717, 1.165) is 23.3 Å². The largest absolute Gasteiger partial charge is 0.493 e. The van der Waals surface area contributed by atoms with Crippen molar-refractivity contribution in [2.45, 2.75) is 109 Å². The number of nitrogens with zero attached hydrogens (tertiary/aromatic N) is 3. The van der Waals surface area contributed by atoms with E-state index in [1.165, 1.54) is 75.6 Å². The number of nitrogens with one attached hydrogen (secondary N) is 4. The van der Waals surface area contributed by atoms with Crippen LogP contribution >= 0.6 is 0 Å². The van der Waals surface area contributed by atoms with E-state index < -0.39 is 84.6 Å². The molecule has 0 bridgehead atoms. The van der Waals surface area contributed by atoms with Crippen LogP contribution in [0.4, 0.5) is 31.4 Å². The Kier molecular flexibility index (Phi) is 22.1. The van der Waals surface area contributed by atoms with E-state index in [1.54, 1.807) is 49.1 Å². The van der Waals surface area contributed by atoms with Crippen LogP contribution in [0.5, 0.6) is 23.0 Å². The van der Waals surface area contributed by atoms with Gasteiger partial charge in [-0.05, 0) is 104 Å². The minimum absolute atomic E-state index is 0.00543. The fourth-order valence-corrected chi connectivity index (χ4v) is 10.8. The number of methoxy groups -OCH3 is 3. The van der Waals surface area contributed by atoms with Crippen molar-refractivity contribution in [3.63, 3.8) is 0 Å². The Hall–Kier alpha value is -9.66. The van der Waals surface area contributed by atoms with Gasteiger partial charge in [-0.1, -0.05) is 62.9 Å². The number of amides is 7. The highest BCUT2D eigenvalue weighted by molar-refractivity contribution is 6.06. The molecule has 4 aliphatic heterocycles. The molecule has 0 radical (unpaired) electrons. The maximum Gasteiger partial charge on any atom is 0.414 e. The molecule has 4 aromatic rings. The molecule has 3 unspecified atom stereocenters. The summed E-state index contributed by atoms with van der Waals surface area (Å²) in [5.41, 5.74) is 3.17. The van der Waals surface area contributed by atoms with E-state index in [4.69, 9.17) is 42.6 Å². The summed E-state index contributed by atoms with van der Waals surface area (Å²) in [4.78, 5) is 111. The van der Waals surface area contributed by atoms with Gasteiger partial charge in [-0.3, -0.25) is 24.5 Å². The third-order valence-electron chi connectivity index (χ3n) is 15.3. The smallest absolute Gasteiger partial charge is 0.414 e. The lowest BCUT2D eigenvalue weighted by atomic mass is 10.0. The molecule has 0 aromatic heterocycles. The normalized spacial score (nSPS) is 18.4. The number of alkyl carbamates (subject to hydrolysis) is 1. The average Bonchev–Trinajstić information content (AvgIpc) is 1.59. The molecule has 26 heteroatoms. The van der Waals surface area contributed by atoms with Crippen LogP contribution in [0.15, 0.2) is 104 Å². The average molecular weight is 1250 g/mol. The third-order valence-corrected chi connectivity index (χ3v) is 15.3. The first kappa shape index (κ1) is 66.3. The van der Waals surface area contributed by atoms with Crippen LogP contribution in [-0.4, -0.2) is 159 Å². The number of ether oxygens (including phenoxy) is 9. The van der Waals surface area contributed by atoms with Gasteiger partial charge in [0.15, 0.2) is 35.5 Å². The van der Waals surface area contributed by atoms with E-state index in [0.29, 0.717) is 53.8 Å². The van der Waals surface area contributed by atoms with E-state index >= 15 is 0 Å². The summed E-state index contributed by atoms with van der Waals surface area (Å²) in [6.07, 6.45) is -0.857. The van der Waals surface area contributed by atoms with Crippen molar-refractivity contribution in [3.8, 4) is 23.0 Å². The monoisotopic (exact) mass is 1250 g/mol. The lowest BCUT2D eigenvalue weighted by molar-refractivity contribution is -0.195. The first-order valence-electron chi connectivity index (χ1n) is 29.1. The molecule has 4 heterocycles. The van der Waals surface area contributed by atoms with Gasteiger partial charge >= 0.3 is 24.2 Å². The summed E-state index contributed by atoms with van der Waals surface area (Å²) >= 11 is 0. The van der Waals surface area contributed by atoms with Crippen molar-refractivity contribution in [2.24, 2.45) is 5.92 Å². The standard InChI is InChI=1S/C64H75N7O19/c1-10-18-86-63(79)68-55(35(2)3)57(74)65-38(6)56(73)66-43-16-14-39(15-17-43)32-89-62(78)67-47-27-52(50(82-7)25-45(47)58(75)69-29-36(4)20-44(69)31-72)87-33-40-22-41(24-42(23-40)61(77)84-9)34-88-53-28-48-46(26-51(53)83-8)59(76)70-30-37(5)21-49(70)60(71(48)64(80)81)90-54-13-11-12-19-85-54/h10,14-17,22-28,35,38,44,49,54-55,60,72H,1,4-5,11-13,18-21,29-34H2,2-3,6-9H3,(H,65,74)(H,66,73)(H,67,78)(H,68,79)(H,80,81)/t38?,44-,49-,54?,55?,60-/m0/s1. The maximum atomic E-state index is 14.4. The van der Waals surface area contributed by atoms with Gasteiger partial charge < -0.3 is 78.6 Å². The van der Waals surface area contributed by atoms with E-state index in [2.05, 4.69) is 41.0 Å². The Balaban J connectivity index is 0.991. The van der Waals surface area contributed by atoms with Crippen LogP contribution in [0.3, 0.4) is 0 Å². The number of fused-ring (bicyclic) bond motifs is 2. The molecular weight excluding hydrogens is 1170 g/mol. The molecule has 0 aliphatic carbocycles. The fraction of sp³-hybridized carbons (Fsp3) is 0.406. The Morgan fingerprint density at radius 1 is 0.756 bits per heavy atom. The molecule has 4 aromatic carbocycles. The fourth-order valence-electron chi connectivity index (χ4n) is 10.8. The van der Waals surface area contributed by atoms with Gasteiger partial charge in [0.05, 0.1) is 68.1 Å². The molecule has 0 saturated carbocycles. The van der Waals surface area contributed by atoms with Crippen LogP contribution in [0.25, 0.3) is 0 Å². The van der Waals surface area contributed by atoms with Gasteiger partial charge in [-0.15, -0.1) is 0 Å². The number of likely N-dealkylation sites (tertiary alicyclic amines) is 1. The SMILES string of the molecule is C=CCOC(=O)NC(C(=O)NC(C)C(=O)Nc1ccc(COC(=O)Nc2cc(OCc3cc(COc4cc5c(cc4OC)C(=O)N4CC(=C)C[C@H]4[C@H](OC4CCCCO4)N5C(=O)O)cc(C(=O)OC)c3)c(OC)cc2C(=O)N2CC(=C)C[C@H]2CO)cc1)C(C)C. The molecule has 90 heavy (non-hydrogen) atoms. The molecule has 480 valence electrons. The topological polar surface area (TPSA) is 318 Å². The zero-order valence-electron chi connectivity index (χ0n) is 51.0. The molecule has 0 spiro atoms. The number of anilines is 3. The molecule has 6 N–H and O–H groups in total. The number of carbonyl (C=O) groups excluding carboxylic acids is 7. The number of rotatable bonds is 24. The van der Waals surface area contributed by atoms with Crippen molar-refractivity contribution in [2.75, 3.05) is 69.8 Å². The Labute approximate surface area is 519 Å².